The molecule has 0 aliphatic carbocycles. The largest absolute Gasteiger partial charge is 0.573 e. The second kappa shape index (κ2) is 8.64. The van der Waals surface area contributed by atoms with Gasteiger partial charge in [-0.05, 0) is 36.2 Å². The summed E-state index contributed by atoms with van der Waals surface area (Å²) in [4.78, 5) is 19.5. The van der Waals surface area contributed by atoms with Crippen molar-refractivity contribution in [3.05, 3.63) is 59.9 Å². The highest BCUT2D eigenvalue weighted by molar-refractivity contribution is 5.75. The van der Waals surface area contributed by atoms with Crippen LogP contribution >= 0.6 is 0 Å². The summed E-state index contributed by atoms with van der Waals surface area (Å²) >= 11 is 0. The first-order chi connectivity index (χ1) is 13.4. The maximum Gasteiger partial charge on any atom is 0.573 e. The number of carbonyl (C=O) groups is 1. The van der Waals surface area contributed by atoms with Gasteiger partial charge in [-0.25, -0.2) is 9.78 Å². The van der Waals surface area contributed by atoms with E-state index < -0.39 is 6.36 Å². The van der Waals surface area contributed by atoms with Crippen LogP contribution in [-0.4, -0.2) is 28.9 Å². The smallest absolute Gasteiger partial charge is 0.406 e. The molecule has 9 heteroatoms. The van der Waals surface area contributed by atoms with E-state index >= 15 is 0 Å². The van der Waals surface area contributed by atoms with Gasteiger partial charge in [-0.15, -0.1) is 13.2 Å². The lowest BCUT2D eigenvalue weighted by atomic mass is 10.2. The third-order valence-electron chi connectivity index (χ3n) is 3.92. The SMILES string of the molecule is O=C(NCCCc1nc2ccccc2[nH]1)NCc1ccc(OC(F)(F)F)cc1. The second-order valence-electron chi connectivity index (χ2n) is 6.11. The van der Waals surface area contributed by atoms with Crippen LogP contribution < -0.4 is 15.4 Å². The average molecular weight is 392 g/mol. The number of urea groups is 1. The maximum atomic E-state index is 12.1. The topological polar surface area (TPSA) is 79.0 Å². The third-order valence-corrected chi connectivity index (χ3v) is 3.92. The molecule has 0 saturated heterocycles. The van der Waals surface area contributed by atoms with E-state index in [0.29, 0.717) is 18.5 Å². The standard InChI is InChI=1S/C19H19F3N4O2/c20-19(21,22)28-14-9-7-13(8-10-14)12-24-18(27)23-11-3-6-17-25-15-4-1-2-5-16(15)26-17/h1-2,4-5,7-10H,3,6,11-12H2,(H,25,26)(H2,23,24,27). The molecule has 3 rings (SSSR count). The second-order valence-corrected chi connectivity index (χ2v) is 6.11. The van der Waals surface area contributed by atoms with Gasteiger partial charge >= 0.3 is 12.4 Å². The molecule has 2 aromatic carbocycles. The number of H-pyrrole nitrogens is 1. The molecule has 6 nitrogen and oxygen atoms in total. The molecule has 0 saturated carbocycles. The lowest BCUT2D eigenvalue weighted by Crippen LogP contribution is -2.35. The maximum absolute atomic E-state index is 12.1. The first-order valence-electron chi connectivity index (χ1n) is 8.69. The summed E-state index contributed by atoms with van der Waals surface area (Å²) in [6, 6.07) is 12.7. The van der Waals surface area contributed by atoms with Gasteiger partial charge in [0.05, 0.1) is 11.0 Å². The number of benzene rings is 2. The highest BCUT2D eigenvalue weighted by Gasteiger charge is 2.30. The number of hydrogen-bond donors (Lipinski definition) is 3. The molecule has 1 heterocycles. The zero-order valence-corrected chi connectivity index (χ0v) is 14.8. The minimum Gasteiger partial charge on any atom is -0.406 e. The molecule has 3 aromatic rings. The van der Waals surface area contributed by atoms with Crippen LogP contribution in [0.4, 0.5) is 18.0 Å². The zero-order chi connectivity index (χ0) is 20.0. The molecular weight excluding hydrogens is 373 g/mol. The molecule has 0 unspecified atom stereocenters. The van der Waals surface area contributed by atoms with Crippen molar-refractivity contribution in [3.63, 3.8) is 0 Å². The molecule has 0 atom stereocenters. The van der Waals surface area contributed by atoms with Gasteiger partial charge in [-0.2, -0.15) is 0 Å². The highest BCUT2D eigenvalue weighted by atomic mass is 19.4. The van der Waals surface area contributed by atoms with E-state index in [1.165, 1.54) is 24.3 Å². The molecule has 0 spiro atoms. The van der Waals surface area contributed by atoms with Crippen molar-refractivity contribution in [2.75, 3.05) is 6.54 Å². The molecular formula is C19H19F3N4O2. The van der Waals surface area contributed by atoms with Crippen LogP contribution in [0.2, 0.25) is 0 Å². The summed E-state index contributed by atoms with van der Waals surface area (Å²) in [7, 11) is 0. The Morgan fingerprint density at radius 3 is 2.54 bits per heavy atom. The fraction of sp³-hybridized carbons (Fsp3) is 0.263. The monoisotopic (exact) mass is 392 g/mol. The van der Waals surface area contributed by atoms with Crippen LogP contribution in [0, 0.1) is 0 Å². The number of aryl methyl sites for hydroxylation is 1. The number of para-hydroxylation sites is 2. The van der Waals surface area contributed by atoms with E-state index in [9.17, 15) is 18.0 Å². The minimum atomic E-state index is -4.72. The summed E-state index contributed by atoms with van der Waals surface area (Å²) in [5.74, 6) is 0.566. The van der Waals surface area contributed by atoms with Crippen LogP contribution in [0.15, 0.2) is 48.5 Å². The highest BCUT2D eigenvalue weighted by Crippen LogP contribution is 2.22. The van der Waals surface area contributed by atoms with E-state index in [1.54, 1.807) is 0 Å². The fourth-order valence-electron chi connectivity index (χ4n) is 2.64. The third kappa shape index (κ3) is 5.90. The van der Waals surface area contributed by atoms with Crippen molar-refractivity contribution in [2.45, 2.75) is 25.7 Å². The van der Waals surface area contributed by atoms with E-state index in [2.05, 4.69) is 25.3 Å². The van der Waals surface area contributed by atoms with Crippen molar-refractivity contribution >= 4 is 17.1 Å². The van der Waals surface area contributed by atoms with Crippen LogP contribution in [-0.2, 0) is 13.0 Å². The van der Waals surface area contributed by atoms with Crippen molar-refractivity contribution in [1.29, 1.82) is 0 Å². The number of ether oxygens (including phenoxy) is 1. The first-order valence-corrected chi connectivity index (χ1v) is 8.69. The summed E-state index contributed by atoms with van der Waals surface area (Å²) in [6.07, 6.45) is -3.30. The van der Waals surface area contributed by atoms with Gasteiger partial charge < -0.3 is 20.4 Å². The van der Waals surface area contributed by atoms with Gasteiger partial charge in [0.1, 0.15) is 11.6 Å². The van der Waals surface area contributed by atoms with Gasteiger partial charge in [0, 0.05) is 19.5 Å². The van der Waals surface area contributed by atoms with Crippen LogP contribution in [0.25, 0.3) is 11.0 Å². The number of hydrogen-bond acceptors (Lipinski definition) is 3. The number of aromatic amines is 1. The quantitative estimate of drug-likeness (QED) is 0.534. The molecule has 2 amide bonds. The van der Waals surface area contributed by atoms with E-state index in [4.69, 9.17) is 0 Å². The Kier molecular flexibility index (Phi) is 6.03. The number of alkyl halides is 3. The predicted molar refractivity (Wildman–Crippen MR) is 97.8 cm³/mol. The Morgan fingerprint density at radius 1 is 1.07 bits per heavy atom. The normalized spacial score (nSPS) is 11.4. The molecule has 0 radical (unpaired) electrons. The lowest BCUT2D eigenvalue weighted by Gasteiger charge is -2.10. The number of rotatable bonds is 7. The minimum absolute atomic E-state index is 0.196. The number of imidazole rings is 1. The predicted octanol–water partition coefficient (Wildman–Crippen LogP) is 3.89. The zero-order valence-electron chi connectivity index (χ0n) is 14.8. The molecule has 0 aliphatic heterocycles. The van der Waals surface area contributed by atoms with Crippen molar-refractivity contribution in [1.82, 2.24) is 20.6 Å². The average Bonchev–Trinajstić information content (AvgIpc) is 3.06. The summed E-state index contributed by atoms with van der Waals surface area (Å²) in [6.45, 7) is 0.670. The Balaban J connectivity index is 1.35. The van der Waals surface area contributed by atoms with Crippen molar-refractivity contribution in [3.8, 4) is 5.75 Å². The molecule has 0 fully saturated rings. The number of carbonyl (C=O) groups excluding carboxylic acids is 1. The van der Waals surface area contributed by atoms with E-state index in [0.717, 1.165) is 23.3 Å². The Bertz CT molecular complexity index is 890. The first kappa shape index (κ1) is 19.5. The summed E-state index contributed by atoms with van der Waals surface area (Å²) in [5, 5.41) is 5.38. The van der Waals surface area contributed by atoms with E-state index in [-0.39, 0.29) is 18.3 Å². The lowest BCUT2D eigenvalue weighted by molar-refractivity contribution is -0.274. The Morgan fingerprint density at radius 2 is 1.82 bits per heavy atom. The summed E-state index contributed by atoms with van der Waals surface area (Å²) in [5.41, 5.74) is 2.55. The fourth-order valence-corrected chi connectivity index (χ4v) is 2.64. The number of nitrogens with zero attached hydrogens (tertiary/aromatic N) is 1. The van der Waals surface area contributed by atoms with Crippen LogP contribution in [0.5, 0.6) is 5.75 Å². The van der Waals surface area contributed by atoms with Gasteiger partial charge in [0.2, 0.25) is 0 Å². The Labute approximate surface area is 159 Å². The molecule has 28 heavy (non-hydrogen) atoms. The van der Waals surface area contributed by atoms with Crippen molar-refractivity contribution < 1.29 is 22.7 Å². The van der Waals surface area contributed by atoms with Gasteiger partial charge in [0.25, 0.3) is 0 Å². The number of fused-ring (bicyclic) bond motifs is 1. The van der Waals surface area contributed by atoms with Gasteiger partial charge in [-0.3, -0.25) is 0 Å². The molecule has 1 aromatic heterocycles. The van der Waals surface area contributed by atoms with Crippen molar-refractivity contribution in [2.24, 2.45) is 0 Å². The van der Waals surface area contributed by atoms with Gasteiger partial charge in [-0.1, -0.05) is 24.3 Å². The van der Waals surface area contributed by atoms with Gasteiger partial charge in [0.15, 0.2) is 0 Å². The summed E-state index contributed by atoms with van der Waals surface area (Å²) < 4.78 is 40.1. The molecule has 0 bridgehead atoms. The van der Waals surface area contributed by atoms with Crippen LogP contribution in [0.3, 0.4) is 0 Å². The number of aromatic nitrogens is 2. The molecule has 0 aliphatic rings. The van der Waals surface area contributed by atoms with Crippen LogP contribution in [0.1, 0.15) is 17.8 Å². The number of halogens is 3. The Hall–Kier alpha value is -3.23. The molecule has 148 valence electrons. The number of amides is 2. The number of nitrogens with one attached hydrogen (secondary N) is 3. The molecule has 3 N–H and O–H groups in total. The van der Waals surface area contributed by atoms with E-state index in [1.807, 2.05) is 24.3 Å².